The molecule has 1 amide bonds. The molecule has 140 valence electrons. The molecule has 0 fully saturated rings. The smallest absolute Gasteiger partial charge is 0.236 e. The van der Waals surface area contributed by atoms with Gasteiger partial charge in [0, 0.05) is 13.7 Å². The Kier molecular flexibility index (Phi) is 6.00. The molecule has 0 spiro atoms. The maximum atomic E-state index is 12.7. The lowest BCUT2D eigenvalue weighted by Gasteiger charge is -2.32. The zero-order chi connectivity index (χ0) is 18.5. The third-order valence-corrected chi connectivity index (χ3v) is 5.23. The van der Waals surface area contributed by atoms with E-state index in [4.69, 9.17) is 9.47 Å². The minimum atomic E-state index is -0.374. The van der Waals surface area contributed by atoms with Gasteiger partial charge in [0.25, 0.3) is 0 Å². The van der Waals surface area contributed by atoms with Crippen LogP contribution in [0.5, 0.6) is 5.75 Å². The van der Waals surface area contributed by atoms with Crippen LogP contribution in [-0.2, 0) is 9.53 Å². The van der Waals surface area contributed by atoms with Gasteiger partial charge in [0.05, 0.1) is 19.3 Å². The summed E-state index contributed by atoms with van der Waals surface area (Å²) >= 11 is 1.40. The molecule has 0 bridgehead atoms. The van der Waals surface area contributed by atoms with Gasteiger partial charge in [-0.2, -0.15) is 0 Å². The van der Waals surface area contributed by atoms with Crippen molar-refractivity contribution in [3.05, 3.63) is 35.7 Å². The number of hydrogen-bond acceptors (Lipinski definition) is 7. The molecule has 0 saturated heterocycles. The van der Waals surface area contributed by atoms with E-state index in [1.165, 1.54) is 11.8 Å². The van der Waals surface area contributed by atoms with Crippen molar-refractivity contribution in [1.29, 1.82) is 0 Å². The first-order chi connectivity index (χ1) is 12.6. The third kappa shape index (κ3) is 3.94. The second kappa shape index (κ2) is 8.41. The maximum absolute atomic E-state index is 12.7. The zero-order valence-electron chi connectivity index (χ0n) is 15.1. The molecule has 9 heteroatoms. The van der Waals surface area contributed by atoms with Crippen LogP contribution in [0.15, 0.2) is 29.4 Å². The molecule has 2 N–H and O–H groups in total. The minimum absolute atomic E-state index is 0.0645. The number of fused-ring (bicyclic) bond motifs is 1. The number of nitrogens with zero attached hydrogens (tertiary/aromatic N) is 3. The van der Waals surface area contributed by atoms with Crippen molar-refractivity contribution in [3.63, 3.8) is 0 Å². The van der Waals surface area contributed by atoms with E-state index in [-0.39, 0.29) is 17.2 Å². The second-order valence-corrected chi connectivity index (χ2v) is 6.91. The molecule has 3 rings (SSSR count). The van der Waals surface area contributed by atoms with E-state index in [9.17, 15) is 4.79 Å². The Labute approximate surface area is 156 Å². The van der Waals surface area contributed by atoms with Crippen molar-refractivity contribution in [2.24, 2.45) is 0 Å². The number of ether oxygens (including phenoxy) is 2. The van der Waals surface area contributed by atoms with Crippen LogP contribution in [-0.4, -0.2) is 52.9 Å². The number of methoxy groups -OCH3 is 1. The molecule has 2 heterocycles. The summed E-state index contributed by atoms with van der Waals surface area (Å²) in [7, 11) is 1.61. The van der Waals surface area contributed by atoms with E-state index >= 15 is 0 Å². The molecule has 0 radical (unpaired) electrons. The lowest BCUT2D eigenvalue weighted by Crippen LogP contribution is -2.44. The highest BCUT2D eigenvalue weighted by molar-refractivity contribution is 8.00. The van der Waals surface area contributed by atoms with E-state index in [1.54, 1.807) is 7.11 Å². The fraction of sp³-hybridized carbons (Fsp3) is 0.471. The fourth-order valence-corrected chi connectivity index (χ4v) is 3.88. The van der Waals surface area contributed by atoms with Gasteiger partial charge >= 0.3 is 0 Å². The summed E-state index contributed by atoms with van der Waals surface area (Å²) in [4.78, 5) is 12.7. The van der Waals surface area contributed by atoms with Crippen LogP contribution in [0.4, 0.5) is 0 Å². The monoisotopic (exact) mass is 377 g/mol. The van der Waals surface area contributed by atoms with Crippen molar-refractivity contribution in [2.45, 2.75) is 30.3 Å². The van der Waals surface area contributed by atoms with Crippen LogP contribution in [0.25, 0.3) is 0 Å². The van der Waals surface area contributed by atoms with E-state index < -0.39 is 0 Å². The van der Waals surface area contributed by atoms with Crippen LogP contribution in [0, 0.1) is 6.92 Å². The van der Waals surface area contributed by atoms with Crippen LogP contribution < -0.4 is 15.5 Å². The van der Waals surface area contributed by atoms with Crippen molar-refractivity contribution in [1.82, 2.24) is 20.2 Å². The van der Waals surface area contributed by atoms with Gasteiger partial charge in [-0.15, -0.1) is 10.2 Å². The maximum Gasteiger partial charge on any atom is 0.236 e. The zero-order valence-corrected chi connectivity index (χ0v) is 15.9. The first-order valence-electron chi connectivity index (χ1n) is 8.48. The third-order valence-electron chi connectivity index (χ3n) is 4.01. The number of nitrogens with one attached hydrogen (secondary N) is 2. The highest BCUT2D eigenvalue weighted by Crippen LogP contribution is 2.37. The highest BCUT2D eigenvalue weighted by Gasteiger charge is 2.37. The van der Waals surface area contributed by atoms with E-state index in [2.05, 4.69) is 20.9 Å². The summed E-state index contributed by atoms with van der Waals surface area (Å²) in [6.45, 7) is 5.38. The van der Waals surface area contributed by atoms with Crippen molar-refractivity contribution in [2.75, 3.05) is 32.3 Å². The number of thioether (sulfide) groups is 1. The predicted octanol–water partition coefficient (Wildman–Crippen LogP) is 1.51. The molecule has 2 aromatic rings. The summed E-state index contributed by atoms with van der Waals surface area (Å²) in [5.74, 6) is 1.49. The molecule has 1 aromatic carbocycles. The fourth-order valence-electron chi connectivity index (χ4n) is 2.73. The summed E-state index contributed by atoms with van der Waals surface area (Å²) in [6, 6.07) is 7.56. The van der Waals surface area contributed by atoms with Crippen LogP contribution in [0.2, 0.25) is 0 Å². The SMILES string of the molecule is CCOc1ccc([C@H]2Nn3c(C)nnc3S[C@@H]2C(=O)NCCOC)cc1. The Morgan fingerprint density at radius 1 is 1.35 bits per heavy atom. The molecule has 2 atom stereocenters. The van der Waals surface area contributed by atoms with E-state index in [1.807, 2.05) is 42.8 Å². The first-order valence-corrected chi connectivity index (χ1v) is 9.36. The standard InChI is InChI=1S/C17H23N5O3S/c1-4-25-13-7-5-12(6-8-13)14-15(16(23)18-9-10-24-3)26-17-20-19-11(2)22(17)21-14/h5-8,14-15,21H,4,9-10H2,1-3H3,(H,18,23)/t14-,15+/m1/s1. The van der Waals surface area contributed by atoms with Crippen molar-refractivity contribution in [3.8, 4) is 5.75 Å². The molecule has 0 unspecified atom stereocenters. The number of hydrogen-bond donors (Lipinski definition) is 2. The predicted molar refractivity (Wildman–Crippen MR) is 99.0 cm³/mol. The summed E-state index contributed by atoms with van der Waals surface area (Å²) in [5.41, 5.74) is 4.36. The van der Waals surface area contributed by atoms with Gasteiger partial charge in [0.1, 0.15) is 16.8 Å². The Balaban J connectivity index is 1.85. The molecule has 1 aliphatic rings. The van der Waals surface area contributed by atoms with E-state index in [0.29, 0.717) is 24.9 Å². The quantitative estimate of drug-likeness (QED) is 0.707. The second-order valence-electron chi connectivity index (χ2n) is 5.80. The molecule has 0 saturated carbocycles. The number of amides is 1. The van der Waals surface area contributed by atoms with Gasteiger partial charge in [-0.05, 0) is 31.5 Å². The molecule has 26 heavy (non-hydrogen) atoms. The van der Waals surface area contributed by atoms with Crippen molar-refractivity contribution < 1.29 is 14.3 Å². The molecular weight excluding hydrogens is 354 g/mol. The van der Waals surface area contributed by atoms with Gasteiger partial charge in [-0.3, -0.25) is 4.79 Å². The van der Waals surface area contributed by atoms with Gasteiger partial charge in [-0.1, -0.05) is 23.9 Å². The summed E-state index contributed by atoms with van der Waals surface area (Å²) < 4.78 is 12.3. The normalized spacial score (nSPS) is 18.7. The number of aromatic nitrogens is 3. The first kappa shape index (κ1) is 18.5. The number of rotatable bonds is 7. The highest BCUT2D eigenvalue weighted by atomic mass is 32.2. The Hall–Kier alpha value is -2.26. The van der Waals surface area contributed by atoms with Gasteiger partial charge < -0.3 is 20.2 Å². The van der Waals surface area contributed by atoms with Crippen LogP contribution in [0.1, 0.15) is 24.4 Å². The molecule has 1 aliphatic heterocycles. The lowest BCUT2D eigenvalue weighted by molar-refractivity contribution is -0.121. The van der Waals surface area contributed by atoms with Crippen LogP contribution >= 0.6 is 11.8 Å². The molecular formula is C17H23N5O3S. The Bertz CT molecular complexity index is 749. The number of carbonyl (C=O) groups excluding carboxylic acids is 1. The average molecular weight is 377 g/mol. The van der Waals surface area contributed by atoms with Crippen molar-refractivity contribution >= 4 is 17.7 Å². The van der Waals surface area contributed by atoms with Gasteiger partial charge in [0.2, 0.25) is 11.1 Å². The molecule has 0 aliphatic carbocycles. The summed E-state index contributed by atoms with van der Waals surface area (Å²) in [6.07, 6.45) is 0. The number of benzene rings is 1. The van der Waals surface area contributed by atoms with Crippen LogP contribution in [0.3, 0.4) is 0 Å². The van der Waals surface area contributed by atoms with E-state index in [0.717, 1.165) is 17.1 Å². The molecule has 8 nitrogen and oxygen atoms in total. The summed E-state index contributed by atoms with van der Waals surface area (Å²) in [5, 5.41) is 11.5. The lowest BCUT2D eigenvalue weighted by atomic mass is 10.0. The largest absolute Gasteiger partial charge is 0.494 e. The van der Waals surface area contributed by atoms with Gasteiger partial charge in [-0.25, -0.2) is 4.68 Å². The Morgan fingerprint density at radius 3 is 2.81 bits per heavy atom. The number of carbonyl (C=O) groups is 1. The average Bonchev–Trinajstić information content (AvgIpc) is 3.02. The topological polar surface area (TPSA) is 90.3 Å². The molecule has 1 aromatic heterocycles. The Morgan fingerprint density at radius 2 is 2.12 bits per heavy atom. The number of aryl methyl sites for hydroxylation is 1. The van der Waals surface area contributed by atoms with Gasteiger partial charge in [0.15, 0.2) is 0 Å². The minimum Gasteiger partial charge on any atom is -0.494 e.